The number of nitrogens with one attached hydrogen (secondary N) is 1. The van der Waals surface area contributed by atoms with Gasteiger partial charge in [0.2, 0.25) is 0 Å². The normalized spacial score (nSPS) is 12.5. The lowest BCUT2D eigenvalue weighted by Crippen LogP contribution is -2.31. The molecule has 0 saturated carbocycles. The van der Waals surface area contributed by atoms with Crippen LogP contribution in [0, 0.1) is 0 Å². The Morgan fingerprint density at radius 2 is 1.77 bits per heavy atom. The van der Waals surface area contributed by atoms with Crippen molar-refractivity contribution in [3.63, 3.8) is 0 Å². The second-order valence-corrected chi connectivity index (χ2v) is 9.70. The Hall–Kier alpha value is -2.16. The van der Waals surface area contributed by atoms with Gasteiger partial charge in [-0.15, -0.1) is 22.7 Å². The molecule has 3 rings (SSSR count). The zero-order chi connectivity index (χ0) is 18.6. The third-order valence-electron chi connectivity index (χ3n) is 3.81. The van der Waals surface area contributed by atoms with Crippen molar-refractivity contribution < 1.29 is 17.9 Å². The largest absolute Gasteiger partial charge is 0.497 e. The number of thiophene rings is 2. The molecule has 0 aliphatic carbocycles. The van der Waals surface area contributed by atoms with Crippen LogP contribution in [-0.2, 0) is 9.84 Å². The van der Waals surface area contributed by atoms with Crippen molar-refractivity contribution in [3.05, 3.63) is 69.7 Å². The van der Waals surface area contributed by atoms with E-state index >= 15 is 0 Å². The van der Waals surface area contributed by atoms with E-state index in [1.807, 2.05) is 11.4 Å². The Kier molecular flexibility index (Phi) is 5.75. The molecule has 26 heavy (non-hydrogen) atoms. The molecule has 0 saturated heterocycles. The molecule has 0 spiro atoms. The van der Waals surface area contributed by atoms with E-state index in [0.717, 1.165) is 0 Å². The molecule has 0 unspecified atom stereocenters. The van der Waals surface area contributed by atoms with Crippen LogP contribution in [0.15, 0.2) is 63.5 Å². The molecule has 1 aromatic carbocycles. The standard InChI is InChI=1S/C18H17NO4S3/c1-23-14-8-6-13(7-9-14)18(20)19-12-16(15-4-2-10-24-15)26(21,22)17-5-3-11-25-17/h2-11,16H,12H2,1H3,(H,19,20)/t16-/m0/s1. The number of hydrogen-bond acceptors (Lipinski definition) is 6. The lowest BCUT2D eigenvalue weighted by Gasteiger charge is -2.16. The highest BCUT2D eigenvalue weighted by molar-refractivity contribution is 7.93. The molecule has 8 heteroatoms. The van der Waals surface area contributed by atoms with Crippen LogP contribution in [0.3, 0.4) is 0 Å². The maximum Gasteiger partial charge on any atom is 0.251 e. The summed E-state index contributed by atoms with van der Waals surface area (Å²) >= 11 is 2.55. The number of benzene rings is 1. The van der Waals surface area contributed by atoms with Gasteiger partial charge in [-0.25, -0.2) is 8.42 Å². The number of hydrogen-bond donors (Lipinski definition) is 1. The highest BCUT2D eigenvalue weighted by Gasteiger charge is 2.31. The molecule has 0 radical (unpaired) electrons. The van der Waals surface area contributed by atoms with Crippen LogP contribution in [0.25, 0.3) is 0 Å². The lowest BCUT2D eigenvalue weighted by molar-refractivity contribution is 0.0953. The molecule has 1 N–H and O–H groups in total. The van der Waals surface area contributed by atoms with Crippen molar-refractivity contribution in [2.75, 3.05) is 13.7 Å². The molecule has 0 aliphatic heterocycles. The van der Waals surface area contributed by atoms with E-state index in [-0.39, 0.29) is 12.5 Å². The maximum atomic E-state index is 13.0. The van der Waals surface area contributed by atoms with Gasteiger partial charge in [-0.05, 0) is 47.2 Å². The molecular formula is C18H17NO4S3. The van der Waals surface area contributed by atoms with Crippen molar-refractivity contribution in [3.8, 4) is 5.75 Å². The fourth-order valence-electron chi connectivity index (χ4n) is 2.43. The van der Waals surface area contributed by atoms with Gasteiger partial charge in [0, 0.05) is 17.0 Å². The first-order chi connectivity index (χ1) is 12.5. The third kappa shape index (κ3) is 3.98. The zero-order valence-corrected chi connectivity index (χ0v) is 16.4. The topological polar surface area (TPSA) is 72.5 Å². The van der Waals surface area contributed by atoms with Crippen LogP contribution >= 0.6 is 22.7 Å². The molecule has 0 bridgehead atoms. The Morgan fingerprint density at radius 1 is 1.08 bits per heavy atom. The first-order valence-corrected chi connectivity index (χ1v) is 11.1. The fourth-order valence-corrected chi connectivity index (χ4v) is 6.42. The van der Waals surface area contributed by atoms with Gasteiger partial charge in [-0.2, -0.15) is 0 Å². The fraction of sp³-hybridized carbons (Fsp3) is 0.167. The van der Waals surface area contributed by atoms with Crippen LogP contribution in [-0.4, -0.2) is 28.0 Å². The highest BCUT2D eigenvalue weighted by Crippen LogP contribution is 2.33. The summed E-state index contributed by atoms with van der Waals surface area (Å²) in [6.45, 7) is 0.00556. The Bertz CT molecular complexity index is 947. The summed E-state index contributed by atoms with van der Waals surface area (Å²) in [5, 5.41) is 5.49. The van der Waals surface area contributed by atoms with Crippen LogP contribution < -0.4 is 10.1 Å². The third-order valence-corrected chi connectivity index (χ3v) is 8.46. The van der Waals surface area contributed by atoms with Gasteiger partial charge in [-0.3, -0.25) is 4.79 Å². The quantitative estimate of drug-likeness (QED) is 0.647. The average Bonchev–Trinajstić information content (AvgIpc) is 3.36. The molecule has 136 valence electrons. The predicted octanol–water partition coefficient (Wildman–Crippen LogP) is 3.76. The van der Waals surface area contributed by atoms with E-state index in [1.54, 1.807) is 55.0 Å². The molecule has 2 aromatic heterocycles. The molecule has 1 amide bonds. The monoisotopic (exact) mass is 407 g/mol. The van der Waals surface area contributed by atoms with Crippen LogP contribution in [0.1, 0.15) is 20.5 Å². The maximum absolute atomic E-state index is 13.0. The summed E-state index contributed by atoms with van der Waals surface area (Å²) in [4.78, 5) is 13.1. The Balaban J connectivity index is 1.79. The van der Waals surface area contributed by atoms with Crippen LogP contribution in [0.2, 0.25) is 0 Å². The smallest absolute Gasteiger partial charge is 0.251 e. The van der Waals surface area contributed by atoms with Gasteiger partial charge < -0.3 is 10.1 Å². The molecular weight excluding hydrogens is 390 g/mol. The second-order valence-electron chi connectivity index (χ2n) is 5.42. The first-order valence-electron chi connectivity index (χ1n) is 7.75. The molecule has 0 fully saturated rings. The van der Waals surface area contributed by atoms with E-state index in [0.29, 0.717) is 20.4 Å². The minimum Gasteiger partial charge on any atom is -0.497 e. The minimum atomic E-state index is -3.58. The van der Waals surface area contributed by atoms with Crippen molar-refractivity contribution >= 4 is 38.4 Å². The van der Waals surface area contributed by atoms with Gasteiger partial charge in [0.15, 0.2) is 9.84 Å². The number of carbonyl (C=O) groups is 1. The van der Waals surface area contributed by atoms with Gasteiger partial charge >= 0.3 is 0 Å². The van der Waals surface area contributed by atoms with Gasteiger partial charge in [0.25, 0.3) is 5.91 Å². The van der Waals surface area contributed by atoms with Crippen molar-refractivity contribution in [1.29, 1.82) is 0 Å². The molecule has 2 heterocycles. The minimum absolute atomic E-state index is 0.00556. The summed E-state index contributed by atoms with van der Waals surface area (Å²) in [5.74, 6) is 0.328. The van der Waals surface area contributed by atoms with E-state index < -0.39 is 15.1 Å². The molecule has 3 aromatic rings. The summed E-state index contributed by atoms with van der Waals surface area (Å²) < 4.78 is 31.3. The van der Waals surface area contributed by atoms with Gasteiger partial charge in [0.1, 0.15) is 15.2 Å². The average molecular weight is 408 g/mol. The number of rotatable bonds is 7. The van der Waals surface area contributed by atoms with Crippen molar-refractivity contribution in [1.82, 2.24) is 5.32 Å². The van der Waals surface area contributed by atoms with Gasteiger partial charge in [0.05, 0.1) is 7.11 Å². The van der Waals surface area contributed by atoms with Crippen LogP contribution in [0.4, 0.5) is 0 Å². The SMILES string of the molecule is COc1ccc(C(=O)NC[C@@H](c2cccs2)S(=O)(=O)c2cccs2)cc1. The van der Waals surface area contributed by atoms with E-state index in [1.165, 1.54) is 22.7 Å². The van der Waals surface area contributed by atoms with Crippen molar-refractivity contribution in [2.45, 2.75) is 9.46 Å². The van der Waals surface area contributed by atoms with Gasteiger partial charge in [-0.1, -0.05) is 12.1 Å². The number of amides is 1. The first kappa shape index (κ1) is 18.6. The summed E-state index contributed by atoms with van der Waals surface area (Å²) in [6, 6.07) is 13.5. The highest BCUT2D eigenvalue weighted by atomic mass is 32.2. The number of carbonyl (C=O) groups excluding carboxylic acids is 1. The summed E-state index contributed by atoms with van der Waals surface area (Å²) in [5.41, 5.74) is 0.448. The van der Waals surface area contributed by atoms with E-state index in [2.05, 4.69) is 5.32 Å². The second kappa shape index (κ2) is 8.03. The van der Waals surface area contributed by atoms with Crippen molar-refractivity contribution in [2.24, 2.45) is 0 Å². The van der Waals surface area contributed by atoms with Crippen LogP contribution in [0.5, 0.6) is 5.75 Å². The zero-order valence-electron chi connectivity index (χ0n) is 13.9. The number of sulfone groups is 1. The number of methoxy groups -OCH3 is 1. The Morgan fingerprint density at radius 3 is 2.35 bits per heavy atom. The summed E-state index contributed by atoms with van der Waals surface area (Å²) in [7, 11) is -2.02. The molecule has 1 atom stereocenters. The lowest BCUT2D eigenvalue weighted by atomic mass is 10.2. The number of ether oxygens (including phenoxy) is 1. The predicted molar refractivity (Wildman–Crippen MR) is 104 cm³/mol. The summed E-state index contributed by atoms with van der Waals surface area (Å²) in [6.07, 6.45) is 0. The Labute approximate surface area is 160 Å². The van der Waals surface area contributed by atoms with E-state index in [4.69, 9.17) is 4.74 Å². The van der Waals surface area contributed by atoms with E-state index in [9.17, 15) is 13.2 Å². The molecule has 5 nitrogen and oxygen atoms in total. The molecule has 0 aliphatic rings.